The summed E-state index contributed by atoms with van der Waals surface area (Å²) in [6.07, 6.45) is 0. The molecule has 0 saturated carbocycles. The Labute approximate surface area is 72.7 Å². The third kappa shape index (κ3) is 1.93. The number of hydrogen-bond donors (Lipinski definition) is 0. The van der Waals surface area contributed by atoms with Gasteiger partial charge in [-0.1, -0.05) is 0 Å². The van der Waals surface area contributed by atoms with E-state index in [0.717, 1.165) is 0 Å². The van der Waals surface area contributed by atoms with Gasteiger partial charge < -0.3 is 0 Å². The fourth-order valence-corrected chi connectivity index (χ4v) is 2.51. The molecule has 0 fully saturated rings. The van der Waals surface area contributed by atoms with Gasteiger partial charge in [0.15, 0.2) is 0 Å². The van der Waals surface area contributed by atoms with Gasteiger partial charge in [0, 0.05) is 0 Å². The van der Waals surface area contributed by atoms with Gasteiger partial charge in [0.2, 0.25) is 0 Å². The van der Waals surface area contributed by atoms with E-state index in [-0.39, 0.29) is 0 Å². The van der Waals surface area contributed by atoms with Crippen LogP contribution in [0.4, 0.5) is 43.0 Å². The van der Waals surface area contributed by atoms with Crippen molar-refractivity contribution >= 4 is 13.7 Å². The van der Waals surface area contributed by atoms with Gasteiger partial charge in [-0.05, 0) is 0 Å². The van der Waals surface area contributed by atoms with E-state index >= 15 is 0 Å². The maximum absolute atomic E-state index is 12.1. The fraction of sp³-hybridized carbons (Fsp3) is 1.00. The van der Waals surface area contributed by atoms with E-state index in [9.17, 15) is 43.0 Å². The molecule has 0 rings (SSSR count). The number of halogens is 10. The van der Waals surface area contributed by atoms with Crippen molar-refractivity contribution in [3.63, 3.8) is 0 Å². The number of rotatable bonds is 0. The van der Waals surface area contributed by atoms with E-state index in [1.54, 1.807) is 0 Å². The van der Waals surface area contributed by atoms with Gasteiger partial charge >= 0.3 is 71.8 Å². The molecule has 0 saturated heterocycles. The van der Waals surface area contributed by atoms with E-state index in [4.69, 9.17) is 0 Å². The Balaban J connectivity index is 5.54. The summed E-state index contributed by atoms with van der Waals surface area (Å²) in [5, 5.41) is -20.7. The predicted molar refractivity (Wildman–Crippen MR) is 25.0 cm³/mol. The molecule has 0 bridgehead atoms. The molecule has 0 unspecified atom stereocenters. The molecule has 11 heteroatoms. The summed E-state index contributed by atoms with van der Waals surface area (Å²) in [6.45, 7) is 0. The van der Waals surface area contributed by atoms with Gasteiger partial charge in [-0.2, -0.15) is 0 Å². The monoisotopic (exact) mass is 300 g/mol. The summed E-state index contributed by atoms with van der Waals surface area (Å²) < 4.78 is 114. The van der Waals surface area contributed by atoms with Gasteiger partial charge in [0.1, 0.15) is 0 Å². The molecule has 14 heavy (non-hydrogen) atoms. The number of alkyl halides is 9. The van der Waals surface area contributed by atoms with Crippen molar-refractivity contribution in [3.8, 4) is 0 Å². The van der Waals surface area contributed by atoms with Crippen LogP contribution in [-0.2, 0) is 0 Å². The Morgan fingerprint density at radius 1 is 0.500 bits per heavy atom. The topological polar surface area (TPSA) is 0 Å². The van der Waals surface area contributed by atoms with Crippen molar-refractivity contribution in [2.45, 2.75) is 15.0 Å². The Bertz CT molecular complexity index is 169. The minimum atomic E-state index is -9.44. The van der Waals surface area contributed by atoms with E-state index in [1.807, 2.05) is 0 Å². The molecule has 0 aliphatic carbocycles. The molecule has 0 aliphatic heterocycles. The summed E-state index contributed by atoms with van der Waals surface area (Å²) >= 11 is -9.44. The second-order valence-electron chi connectivity index (χ2n) is 2.15. The van der Waals surface area contributed by atoms with Gasteiger partial charge in [0.25, 0.3) is 0 Å². The van der Waals surface area contributed by atoms with Crippen LogP contribution in [0, 0.1) is 0 Å². The number of hydrogen-bond acceptors (Lipinski definition) is 0. The zero-order valence-electron chi connectivity index (χ0n) is 5.78. The Hall–Kier alpha value is -0.157. The van der Waals surface area contributed by atoms with Gasteiger partial charge in [-0.15, -0.1) is 0 Å². The van der Waals surface area contributed by atoms with Crippen LogP contribution >= 0.6 is 0 Å². The average molecular weight is 299 g/mol. The van der Waals surface area contributed by atoms with Crippen molar-refractivity contribution in [3.05, 3.63) is 0 Å². The van der Waals surface area contributed by atoms with Crippen LogP contribution in [0.15, 0.2) is 0 Å². The predicted octanol–water partition coefficient (Wildman–Crippen LogP) is 3.21. The van der Waals surface area contributed by atoms with Gasteiger partial charge in [-0.25, -0.2) is 0 Å². The second kappa shape index (κ2) is 3.17. The molecule has 0 spiro atoms. The van der Waals surface area contributed by atoms with E-state index in [1.165, 1.54) is 0 Å². The van der Waals surface area contributed by atoms with Crippen molar-refractivity contribution in [2.24, 2.45) is 0 Å². The van der Waals surface area contributed by atoms with E-state index in [0.29, 0.717) is 0 Å². The molecule has 0 heterocycles. The normalized spacial score (nSPS) is 15.9. The van der Waals surface area contributed by atoms with Crippen LogP contribution in [-0.4, -0.2) is 28.8 Å². The fourth-order valence-electron chi connectivity index (χ4n) is 0.482. The Morgan fingerprint density at radius 3 is 0.643 bits per heavy atom. The molecule has 86 valence electrons. The summed E-state index contributed by atoms with van der Waals surface area (Å²) in [7, 11) is 0. The summed E-state index contributed by atoms with van der Waals surface area (Å²) in [5.74, 6) is 0. The third-order valence-electron chi connectivity index (χ3n) is 1.17. The summed E-state index contributed by atoms with van der Waals surface area (Å²) in [6, 6.07) is 0. The van der Waals surface area contributed by atoms with E-state index < -0.39 is 28.8 Å². The second-order valence-corrected chi connectivity index (χ2v) is 8.48. The molecule has 0 aromatic rings. The molecule has 0 nitrogen and oxygen atoms in total. The standard InChI is InChI=1S/C3F10Ge/c4-1(5,6)14(13,2(7,8)9)3(10,11)12. The zero-order chi connectivity index (χ0) is 12.0. The summed E-state index contributed by atoms with van der Waals surface area (Å²) in [4.78, 5) is 0. The molecular formula is C3F10Ge. The Kier molecular flexibility index (Phi) is 3.13. The van der Waals surface area contributed by atoms with Crippen LogP contribution in [0.5, 0.6) is 0 Å². The average Bonchev–Trinajstić information content (AvgIpc) is 1.77. The zero-order valence-corrected chi connectivity index (χ0v) is 7.88. The first-order chi connectivity index (χ1) is 5.75. The molecule has 0 atom stereocenters. The molecule has 0 radical (unpaired) electrons. The molecule has 0 amide bonds. The Morgan fingerprint density at radius 2 is 0.643 bits per heavy atom. The molecule has 0 aromatic carbocycles. The van der Waals surface area contributed by atoms with Crippen LogP contribution in [0.3, 0.4) is 0 Å². The third-order valence-corrected chi connectivity index (χ3v) is 6.09. The minimum absolute atomic E-state index is 6.91. The quantitative estimate of drug-likeness (QED) is 0.476. The van der Waals surface area contributed by atoms with Crippen LogP contribution in [0.2, 0.25) is 0 Å². The van der Waals surface area contributed by atoms with Crippen LogP contribution in [0.1, 0.15) is 0 Å². The van der Waals surface area contributed by atoms with Crippen molar-refractivity contribution < 1.29 is 43.0 Å². The molecular weight excluding hydrogens is 299 g/mol. The van der Waals surface area contributed by atoms with Gasteiger partial charge in [0.05, 0.1) is 0 Å². The molecule has 0 N–H and O–H groups in total. The van der Waals surface area contributed by atoms with Crippen LogP contribution in [0.25, 0.3) is 0 Å². The molecule has 0 aliphatic rings. The van der Waals surface area contributed by atoms with E-state index in [2.05, 4.69) is 0 Å². The first-order valence-electron chi connectivity index (χ1n) is 2.64. The maximum atomic E-state index is 12.1. The van der Waals surface area contributed by atoms with Crippen LogP contribution < -0.4 is 0 Å². The summed E-state index contributed by atoms with van der Waals surface area (Å²) in [5.41, 5.74) is 0. The first-order valence-corrected chi connectivity index (χ1v) is 6.58. The molecule has 0 aromatic heterocycles. The van der Waals surface area contributed by atoms with Gasteiger partial charge in [-0.3, -0.25) is 0 Å². The van der Waals surface area contributed by atoms with Crippen molar-refractivity contribution in [2.75, 3.05) is 0 Å². The first kappa shape index (κ1) is 13.8. The van der Waals surface area contributed by atoms with Crippen molar-refractivity contribution in [1.29, 1.82) is 0 Å². The SMILES string of the molecule is F[C](F)(F)[Ge]([F])([C](F)(F)F)[C](F)(F)F. The van der Waals surface area contributed by atoms with Crippen molar-refractivity contribution in [1.82, 2.24) is 0 Å².